The van der Waals surface area contributed by atoms with Gasteiger partial charge in [-0.15, -0.1) is 12.3 Å². The number of aromatic nitrogens is 4. The van der Waals surface area contributed by atoms with Crippen LogP contribution in [0.25, 0.3) is 11.3 Å². The number of hydrogen-bond acceptors (Lipinski definition) is 6. The minimum absolute atomic E-state index is 0.00834. The van der Waals surface area contributed by atoms with Gasteiger partial charge in [0.1, 0.15) is 0 Å². The number of alkyl halides is 3. The molecule has 4 rings (SSSR count). The van der Waals surface area contributed by atoms with Crippen molar-refractivity contribution in [2.75, 3.05) is 51.6 Å². The maximum absolute atomic E-state index is 13.6. The largest absolute Gasteiger partial charge is 0.435 e. The van der Waals surface area contributed by atoms with Crippen LogP contribution in [-0.4, -0.2) is 93.7 Å². The molecule has 0 aliphatic carbocycles. The zero-order chi connectivity index (χ0) is 31.3. The van der Waals surface area contributed by atoms with E-state index in [2.05, 4.69) is 37.1 Å². The topological polar surface area (TPSA) is 140 Å². The first-order valence-corrected chi connectivity index (χ1v) is 13.5. The highest BCUT2D eigenvalue weighted by molar-refractivity contribution is 6.34. The zero-order valence-electron chi connectivity index (χ0n) is 23.3. The maximum atomic E-state index is 13.6. The minimum Gasteiger partial charge on any atom is -0.337 e. The quantitative estimate of drug-likeness (QED) is 0.226. The molecule has 16 heteroatoms. The highest BCUT2D eigenvalue weighted by atomic mass is 35.5. The first kappa shape index (κ1) is 31.4. The smallest absolute Gasteiger partial charge is 0.337 e. The van der Waals surface area contributed by atoms with E-state index >= 15 is 0 Å². The van der Waals surface area contributed by atoms with Gasteiger partial charge in [-0.25, -0.2) is 9.78 Å². The van der Waals surface area contributed by atoms with Gasteiger partial charge in [-0.1, -0.05) is 11.6 Å². The number of amides is 4. The fraction of sp³-hybridized carbons (Fsp3) is 0.370. The Bertz CT molecular complexity index is 1550. The maximum Gasteiger partial charge on any atom is 0.435 e. The van der Waals surface area contributed by atoms with E-state index in [1.807, 2.05) is 0 Å². The number of H-pyrrole nitrogens is 1. The molecule has 0 radical (unpaired) electrons. The lowest BCUT2D eigenvalue weighted by atomic mass is 10.1. The Morgan fingerprint density at radius 2 is 1.84 bits per heavy atom. The molecule has 0 bridgehead atoms. The van der Waals surface area contributed by atoms with E-state index in [1.54, 1.807) is 16.8 Å². The number of halogens is 4. The fourth-order valence-electron chi connectivity index (χ4n) is 4.58. The zero-order valence-corrected chi connectivity index (χ0v) is 24.1. The Labute approximate surface area is 250 Å². The molecule has 0 spiro atoms. The predicted molar refractivity (Wildman–Crippen MR) is 153 cm³/mol. The number of carbonyl (C=O) groups excluding carboxylic acids is 3. The van der Waals surface area contributed by atoms with Gasteiger partial charge in [-0.05, 0) is 25.2 Å². The number of nitrogens with one attached hydrogen (secondary N) is 4. The second-order valence-corrected chi connectivity index (χ2v) is 10.0. The second-order valence-electron chi connectivity index (χ2n) is 9.59. The van der Waals surface area contributed by atoms with E-state index in [0.717, 1.165) is 6.20 Å². The lowest BCUT2D eigenvalue weighted by Gasteiger charge is -2.35. The van der Waals surface area contributed by atoms with E-state index in [-0.39, 0.29) is 57.4 Å². The number of imidazole rings is 1. The molecule has 1 saturated heterocycles. The number of likely N-dealkylation sites (N-methyl/N-ethyl adjacent to an activating group) is 1. The highest BCUT2D eigenvalue weighted by Crippen LogP contribution is 2.38. The molecular weight excluding hydrogens is 591 g/mol. The third-order valence-electron chi connectivity index (χ3n) is 6.80. The van der Waals surface area contributed by atoms with Crippen LogP contribution in [0, 0.1) is 12.3 Å². The molecule has 43 heavy (non-hydrogen) atoms. The normalized spacial score (nSPS) is 13.5. The Kier molecular flexibility index (Phi) is 9.62. The summed E-state index contributed by atoms with van der Waals surface area (Å²) in [5.41, 5.74) is -0.954. The first-order chi connectivity index (χ1) is 20.5. The summed E-state index contributed by atoms with van der Waals surface area (Å²) in [5, 5.41) is 14.1. The van der Waals surface area contributed by atoms with E-state index in [4.69, 9.17) is 18.0 Å². The molecule has 4 amide bonds. The molecule has 0 atom stereocenters. The fourth-order valence-corrected chi connectivity index (χ4v) is 4.85. The number of terminal acetylenes is 1. The average Bonchev–Trinajstić information content (AvgIpc) is 3.56. The molecule has 12 nitrogen and oxygen atoms in total. The number of benzene rings is 1. The lowest BCUT2D eigenvalue weighted by molar-refractivity contribution is -0.140. The number of aromatic amines is 1. The first-order valence-electron chi connectivity index (χ1n) is 13.1. The average molecular weight is 620 g/mol. The van der Waals surface area contributed by atoms with Gasteiger partial charge in [0.25, 0.3) is 11.8 Å². The molecule has 2 aromatic heterocycles. The van der Waals surface area contributed by atoms with E-state index in [9.17, 15) is 27.6 Å². The summed E-state index contributed by atoms with van der Waals surface area (Å²) in [4.78, 5) is 45.6. The van der Waals surface area contributed by atoms with Gasteiger partial charge < -0.3 is 30.3 Å². The molecule has 1 aliphatic rings. The Morgan fingerprint density at radius 3 is 2.47 bits per heavy atom. The van der Waals surface area contributed by atoms with Crippen molar-refractivity contribution in [1.82, 2.24) is 40.2 Å². The van der Waals surface area contributed by atoms with Crippen molar-refractivity contribution >= 4 is 35.1 Å². The lowest BCUT2D eigenvalue weighted by Crippen LogP contribution is -2.53. The summed E-state index contributed by atoms with van der Waals surface area (Å²) in [7, 11) is 3.18. The van der Waals surface area contributed by atoms with Crippen LogP contribution in [0.5, 0.6) is 0 Å². The van der Waals surface area contributed by atoms with E-state index in [0.29, 0.717) is 39.3 Å². The second kappa shape index (κ2) is 13.2. The molecule has 228 valence electrons. The molecule has 0 saturated carbocycles. The van der Waals surface area contributed by atoms with Crippen LogP contribution in [0.4, 0.5) is 23.7 Å². The third kappa shape index (κ3) is 6.92. The number of piperazine rings is 1. The SMILES string of the molecule is C#CCc1[nH]nc(C(F)(F)F)c1-c1cnc(C(=O)Nc2ccc(C(=O)N3CCN(C(=O)NCCNC)CC3)c(Cl)c2)n1C. The van der Waals surface area contributed by atoms with Crippen molar-refractivity contribution in [2.45, 2.75) is 12.6 Å². The predicted octanol–water partition coefficient (Wildman–Crippen LogP) is 2.60. The third-order valence-corrected chi connectivity index (χ3v) is 7.11. The van der Waals surface area contributed by atoms with Crippen LogP contribution >= 0.6 is 11.6 Å². The number of nitrogens with zero attached hydrogens (tertiary/aromatic N) is 5. The summed E-state index contributed by atoms with van der Waals surface area (Å²) >= 11 is 6.40. The standard InChI is InChI=1S/C27H29ClF3N9O3/c1-4-5-19-21(22(37-36-19)27(29,30)31)20-15-34-23(38(20)3)24(41)35-16-6-7-17(18(28)14-16)25(42)39-10-12-40(13-11-39)26(43)33-9-8-32-2/h1,6-7,14-15,32H,5,8-13H2,2-3H3,(H,33,43)(H,35,41)(H,36,37). The number of rotatable bonds is 8. The van der Waals surface area contributed by atoms with Crippen LogP contribution in [0.15, 0.2) is 24.4 Å². The summed E-state index contributed by atoms with van der Waals surface area (Å²) in [5.74, 6) is 1.06. The molecule has 1 aromatic carbocycles. The Balaban J connectivity index is 1.44. The van der Waals surface area contributed by atoms with Crippen LogP contribution in [0.2, 0.25) is 5.02 Å². The molecule has 3 heterocycles. The molecule has 0 unspecified atom stereocenters. The summed E-state index contributed by atoms with van der Waals surface area (Å²) in [6.07, 6.45) is 1.53. The molecule has 1 aliphatic heterocycles. The summed E-state index contributed by atoms with van der Waals surface area (Å²) in [6, 6.07) is 4.15. The van der Waals surface area contributed by atoms with Crippen LogP contribution in [0.3, 0.4) is 0 Å². The van der Waals surface area contributed by atoms with Crippen molar-refractivity contribution in [1.29, 1.82) is 0 Å². The number of hydrogen-bond donors (Lipinski definition) is 4. The van der Waals surface area contributed by atoms with E-state index < -0.39 is 17.8 Å². The van der Waals surface area contributed by atoms with Crippen LogP contribution in [-0.2, 0) is 19.6 Å². The van der Waals surface area contributed by atoms with Gasteiger partial charge in [-0.3, -0.25) is 14.7 Å². The van der Waals surface area contributed by atoms with Crippen molar-refractivity contribution < 1.29 is 27.6 Å². The van der Waals surface area contributed by atoms with Crippen molar-refractivity contribution in [3.63, 3.8) is 0 Å². The Hall–Kier alpha value is -4.55. The van der Waals surface area contributed by atoms with Gasteiger partial charge in [0.05, 0.1) is 40.2 Å². The molecule has 3 aromatic rings. The van der Waals surface area contributed by atoms with Crippen molar-refractivity contribution in [2.24, 2.45) is 7.05 Å². The number of anilines is 1. The van der Waals surface area contributed by atoms with Gasteiger partial charge in [0, 0.05) is 52.0 Å². The monoisotopic (exact) mass is 619 g/mol. The molecular formula is C27H29ClF3N9O3. The van der Waals surface area contributed by atoms with Gasteiger partial charge in [-0.2, -0.15) is 18.3 Å². The minimum atomic E-state index is -4.77. The molecule has 4 N–H and O–H groups in total. The van der Waals surface area contributed by atoms with Gasteiger partial charge in [0.15, 0.2) is 11.5 Å². The van der Waals surface area contributed by atoms with Crippen molar-refractivity contribution in [3.05, 3.63) is 52.2 Å². The summed E-state index contributed by atoms with van der Waals surface area (Å²) < 4.78 is 42.1. The van der Waals surface area contributed by atoms with Crippen LogP contribution in [0.1, 0.15) is 32.4 Å². The Morgan fingerprint density at radius 1 is 1.14 bits per heavy atom. The van der Waals surface area contributed by atoms with Crippen molar-refractivity contribution in [3.8, 4) is 23.6 Å². The van der Waals surface area contributed by atoms with E-state index in [1.165, 1.54) is 29.8 Å². The van der Waals surface area contributed by atoms with Gasteiger partial charge >= 0.3 is 12.2 Å². The molecule has 1 fully saturated rings. The van der Waals surface area contributed by atoms with Gasteiger partial charge in [0.2, 0.25) is 0 Å². The summed E-state index contributed by atoms with van der Waals surface area (Å²) in [6.45, 7) is 2.51. The van der Waals surface area contributed by atoms with Crippen LogP contribution < -0.4 is 16.0 Å². The number of urea groups is 1. The number of carbonyl (C=O) groups is 3. The highest BCUT2D eigenvalue weighted by Gasteiger charge is 2.39.